The molecule has 2 aromatic heterocycles. The van der Waals surface area contributed by atoms with Gasteiger partial charge in [0.15, 0.2) is 6.10 Å². The van der Waals surface area contributed by atoms with Crippen LogP contribution in [0.4, 0.5) is 5.69 Å². The summed E-state index contributed by atoms with van der Waals surface area (Å²) in [6.07, 6.45) is 6.11. The Labute approximate surface area is 168 Å². The Balaban J connectivity index is 1.36. The third-order valence-corrected chi connectivity index (χ3v) is 4.43. The predicted octanol–water partition coefficient (Wildman–Crippen LogP) is 4.34. The summed E-state index contributed by atoms with van der Waals surface area (Å²) in [4.78, 5) is 20.8. The van der Waals surface area contributed by atoms with Crippen molar-refractivity contribution in [3.63, 3.8) is 0 Å². The fourth-order valence-corrected chi connectivity index (χ4v) is 2.87. The highest BCUT2D eigenvalue weighted by Crippen LogP contribution is 2.22. The van der Waals surface area contributed by atoms with Crippen LogP contribution in [-0.4, -0.2) is 26.5 Å². The first-order chi connectivity index (χ1) is 14.2. The number of nitrogens with one attached hydrogen (secondary N) is 1. The Morgan fingerprint density at radius 3 is 2.41 bits per heavy atom. The van der Waals surface area contributed by atoms with E-state index in [0.29, 0.717) is 11.4 Å². The number of nitrogens with zero attached hydrogens (tertiary/aromatic N) is 3. The fourth-order valence-electron chi connectivity index (χ4n) is 2.87. The zero-order valence-corrected chi connectivity index (χ0v) is 15.9. The molecule has 2 aromatic carbocycles. The SMILES string of the molecule is CC(Oc1ccc(-c2ccccc2)cc1)C(=O)Nc1ccc(-n2ccnc2)nc1. The van der Waals surface area contributed by atoms with E-state index in [0.717, 1.165) is 16.9 Å². The molecule has 0 radical (unpaired) electrons. The summed E-state index contributed by atoms with van der Waals surface area (Å²) in [5.74, 6) is 1.12. The van der Waals surface area contributed by atoms with Crippen molar-refractivity contribution < 1.29 is 9.53 Å². The van der Waals surface area contributed by atoms with Gasteiger partial charge in [0, 0.05) is 12.4 Å². The average molecular weight is 384 g/mol. The topological polar surface area (TPSA) is 69.0 Å². The molecular weight excluding hydrogens is 364 g/mol. The molecule has 1 unspecified atom stereocenters. The van der Waals surface area contributed by atoms with Crippen LogP contribution in [0.3, 0.4) is 0 Å². The van der Waals surface area contributed by atoms with Crippen molar-refractivity contribution in [3.05, 3.63) is 91.6 Å². The van der Waals surface area contributed by atoms with Gasteiger partial charge in [-0.2, -0.15) is 0 Å². The second-order valence-corrected chi connectivity index (χ2v) is 6.51. The minimum atomic E-state index is -0.647. The summed E-state index contributed by atoms with van der Waals surface area (Å²) < 4.78 is 7.57. The van der Waals surface area contributed by atoms with Crippen molar-refractivity contribution >= 4 is 11.6 Å². The maximum absolute atomic E-state index is 12.4. The van der Waals surface area contributed by atoms with Crippen LogP contribution in [0.1, 0.15) is 6.92 Å². The van der Waals surface area contributed by atoms with Crippen LogP contribution >= 0.6 is 0 Å². The van der Waals surface area contributed by atoms with Gasteiger partial charge in [0.05, 0.1) is 11.9 Å². The lowest BCUT2D eigenvalue weighted by atomic mass is 10.1. The van der Waals surface area contributed by atoms with Crippen molar-refractivity contribution in [2.45, 2.75) is 13.0 Å². The molecule has 4 rings (SSSR count). The first-order valence-electron chi connectivity index (χ1n) is 9.26. The van der Waals surface area contributed by atoms with Gasteiger partial charge >= 0.3 is 0 Å². The zero-order chi connectivity index (χ0) is 20.1. The largest absolute Gasteiger partial charge is 0.481 e. The van der Waals surface area contributed by atoms with Crippen LogP contribution in [0.5, 0.6) is 5.75 Å². The summed E-state index contributed by atoms with van der Waals surface area (Å²) in [5, 5.41) is 2.82. The highest BCUT2D eigenvalue weighted by molar-refractivity contribution is 5.94. The Kier molecular flexibility index (Phi) is 5.33. The smallest absolute Gasteiger partial charge is 0.265 e. The number of anilines is 1. The second kappa shape index (κ2) is 8.39. The Morgan fingerprint density at radius 2 is 1.76 bits per heavy atom. The molecule has 6 nitrogen and oxygen atoms in total. The number of pyridine rings is 1. The van der Waals surface area contributed by atoms with E-state index in [2.05, 4.69) is 27.4 Å². The van der Waals surface area contributed by atoms with Crippen LogP contribution in [0.25, 0.3) is 16.9 Å². The molecule has 0 aliphatic heterocycles. The standard InChI is InChI=1S/C23H20N4O2/c1-17(29-21-10-7-19(8-11-21)18-5-3-2-4-6-18)23(28)26-20-9-12-22(25-15-20)27-14-13-24-16-27/h2-17H,1H3,(H,26,28). The molecule has 6 heteroatoms. The van der Waals surface area contributed by atoms with E-state index in [4.69, 9.17) is 4.74 Å². The van der Waals surface area contributed by atoms with Gasteiger partial charge in [-0.05, 0) is 42.3 Å². The molecule has 0 saturated carbocycles. The Hall–Kier alpha value is -3.93. The third kappa shape index (κ3) is 4.50. The minimum absolute atomic E-state index is 0.241. The van der Waals surface area contributed by atoms with Gasteiger partial charge in [0.1, 0.15) is 17.9 Å². The van der Waals surface area contributed by atoms with Crippen LogP contribution in [0.15, 0.2) is 91.6 Å². The lowest BCUT2D eigenvalue weighted by molar-refractivity contribution is -0.122. The molecule has 0 aliphatic rings. The van der Waals surface area contributed by atoms with Gasteiger partial charge < -0.3 is 10.1 Å². The van der Waals surface area contributed by atoms with Crippen molar-refractivity contribution in [3.8, 4) is 22.7 Å². The normalized spacial score (nSPS) is 11.6. The van der Waals surface area contributed by atoms with E-state index in [9.17, 15) is 4.79 Å². The van der Waals surface area contributed by atoms with E-state index in [1.807, 2.05) is 48.5 Å². The molecule has 4 aromatic rings. The number of benzene rings is 2. The molecule has 0 saturated heterocycles. The van der Waals surface area contributed by atoms with Gasteiger partial charge in [-0.3, -0.25) is 9.36 Å². The monoisotopic (exact) mass is 384 g/mol. The molecular formula is C23H20N4O2. The van der Waals surface area contributed by atoms with Crippen molar-refractivity contribution in [1.82, 2.24) is 14.5 Å². The summed E-state index contributed by atoms with van der Waals surface area (Å²) in [5.41, 5.74) is 2.84. The molecule has 1 atom stereocenters. The van der Waals surface area contributed by atoms with Crippen LogP contribution < -0.4 is 10.1 Å². The maximum Gasteiger partial charge on any atom is 0.265 e. The highest BCUT2D eigenvalue weighted by atomic mass is 16.5. The third-order valence-electron chi connectivity index (χ3n) is 4.43. The number of hydrogen-bond acceptors (Lipinski definition) is 4. The number of carbonyl (C=O) groups excluding carboxylic acids is 1. The Bertz CT molecular complexity index is 1060. The van der Waals surface area contributed by atoms with Crippen molar-refractivity contribution in [2.75, 3.05) is 5.32 Å². The fraction of sp³-hybridized carbons (Fsp3) is 0.0870. The molecule has 2 heterocycles. The van der Waals surface area contributed by atoms with Crippen LogP contribution in [-0.2, 0) is 4.79 Å². The average Bonchev–Trinajstić information content (AvgIpc) is 3.30. The van der Waals surface area contributed by atoms with E-state index >= 15 is 0 Å². The minimum Gasteiger partial charge on any atom is -0.481 e. The van der Waals surface area contributed by atoms with E-state index in [-0.39, 0.29) is 5.91 Å². The first kappa shape index (κ1) is 18.4. The summed E-state index contributed by atoms with van der Waals surface area (Å²) in [6, 6.07) is 21.4. The lowest BCUT2D eigenvalue weighted by Crippen LogP contribution is -2.30. The predicted molar refractivity (Wildman–Crippen MR) is 112 cm³/mol. The molecule has 144 valence electrons. The number of imidazole rings is 1. The van der Waals surface area contributed by atoms with E-state index in [1.54, 1.807) is 42.5 Å². The van der Waals surface area contributed by atoms with Gasteiger partial charge in [0.25, 0.3) is 5.91 Å². The van der Waals surface area contributed by atoms with Crippen LogP contribution in [0.2, 0.25) is 0 Å². The highest BCUT2D eigenvalue weighted by Gasteiger charge is 2.15. The van der Waals surface area contributed by atoms with Crippen LogP contribution in [0, 0.1) is 0 Å². The molecule has 0 spiro atoms. The number of hydrogen-bond donors (Lipinski definition) is 1. The molecule has 1 N–H and O–H groups in total. The van der Waals surface area contributed by atoms with E-state index < -0.39 is 6.10 Å². The zero-order valence-electron chi connectivity index (χ0n) is 15.9. The van der Waals surface area contributed by atoms with Crippen molar-refractivity contribution in [1.29, 1.82) is 0 Å². The summed E-state index contributed by atoms with van der Waals surface area (Å²) >= 11 is 0. The lowest BCUT2D eigenvalue weighted by Gasteiger charge is -2.15. The van der Waals surface area contributed by atoms with E-state index in [1.165, 1.54) is 0 Å². The molecule has 0 bridgehead atoms. The first-order valence-corrected chi connectivity index (χ1v) is 9.26. The van der Waals surface area contributed by atoms with Gasteiger partial charge in [-0.15, -0.1) is 0 Å². The molecule has 0 aliphatic carbocycles. The number of amides is 1. The number of aromatic nitrogens is 3. The second-order valence-electron chi connectivity index (χ2n) is 6.51. The molecule has 0 fully saturated rings. The number of ether oxygens (including phenoxy) is 1. The van der Waals surface area contributed by atoms with Crippen molar-refractivity contribution in [2.24, 2.45) is 0 Å². The summed E-state index contributed by atoms with van der Waals surface area (Å²) in [6.45, 7) is 1.72. The maximum atomic E-state index is 12.4. The number of rotatable bonds is 6. The number of carbonyl (C=O) groups is 1. The quantitative estimate of drug-likeness (QED) is 0.537. The van der Waals surface area contributed by atoms with Gasteiger partial charge in [-0.25, -0.2) is 9.97 Å². The summed E-state index contributed by atoms with van der Waals surface area (Å²) in [7, 11) is 0. The van der Waals surface area contributed by atoms with Gasteiger partial charge in [-0.1, -0.05) is 42.5 Å². The molecule has 1 amide bonds. The Morgan fingerprint density at radius 1 is 1.00 bits per heavy atom. The molecule has 29 heavy (non-hydrogen) atoms. The van der Waals surface area contributed by atoms with Gasteiger partial charge in [0.2, 0.25) is 0 Å².